The van der Waals surface area contributed by atoms with Crippen molar-refractivity contribution < 1.29 is 4.79 Å². The van der Waals surface area contributed by atoms with Crippen molar-refractivity contribution in [3.8, 4) is 0 Å². The van der Waals surface area contributed by atoms with E-state index in [4.69, 9.17) is 11.5 Å². The average Bonchev–Trinajstić information content (AvgIpc) is 2.48. The summed E-state index contributed by atoms with van der Waals surface area (Å²) >= 11 is 0. The van der Waals surface area contributed by atoms with Crippen molar-refractivity contribution in [1.29, 1.82) is 0 Å². The number of amides is 1. The number of nitrogens with zero attached hydrogens (tertiary/aromatic N) is 1. The molecule has 1 aromatic rings. The summed E-state index contributed by atoms with van der Waals surface area (Å²) in [5, 5.41) is 3.17. The van der Waals surface area contributed by atoms with E-state index in [-0.39, 0.29) is 0 Å². The van der Waals surface area contributed by atoms with E-state index in [1.807, 2.05) is 11.5 Å². The Morgan fingerprint density at radius 3 is 2.86 bits per heavy atom. The molecule has 0 saturated carbocycles. The number of hydrogen-bond donors (Lipinski definition) is 3. The number of carbonyl (C=O) groups is 1. The van der Waals surface area contributed by atoms with Crippen LogP contribution in [-0.2, 0) is 6.54 Å². The normalized spacial score (nSPS) is 10.4. The van der Waals surface area contributed by atoms with Crippen LogP contribution >= 0.6 is 0 Å². The van der Waals surface area contributed by atoms with Crippen molar-refractivity contribution >= 4 is 11.7 Å². The number of carbonyl (C=O) groups excluding carboxylic acids is 1. The highest BCUT2D eigenvalue weighted by molar-refractivity contribution is 5.97. The lowest BCUT2D eigenvalue weighted by atomic mass is 10.3. The molecule has 0 saturated heterocycles. The number of hydrogen-bond acceptors (Lipinski definition) is 3. The highest BCUT2D eigenvalue weighted by atomic mass is 16.1. The summed E-state index contributed by atoms with van der Waals surface area (Å²) in [5.41, 5.74) is 11.2. The Bertz CT molecular complexity index is 319. The van der Waals surface area contributed by atoms with Crippen LogP contribution in [0.1, 0.15) is 17.3 Å². The number of nitrogens with one attached hydrogen (secondary N) is 1. The standard InChI is InChI=1S/C9H16N4O/c1-2-12-4-6-13-5-3-7(8(13)10)9(11)14/h3,5,12H,2,4,6,10H2,1H3,(H2,11,14). The molecule has 0 aromatic carbocycles. The molecule has 0 bridgehead atoms. The summed E-state index contributed by atoms with van der Waals surface area (Å²) in [6.07, 6.45) is 1.77. The Labute approximate surface area is 83.1 Å². The van der Waals surface area contributed by atoms with Gasteiger partial charge in [-0.1, -0.05) is 6.92 Å². The number of anilines is 1. The number of rotatable bonds is 5. The van der Waals surface area contributed by atoms with Crippen molar-refractivity contribution in [2.45, 2.75) is 13.5 Å². The predicted octanol–water partition coefficient (Wildman–Crippen LogP) is -0.221. The summed E-state index contributed by atoms with van der Waals surface area (Å²) in [7, 11) is 0. The largest absolute Gasteiger partial charge is 0.384 e. The Hall–Kier alpha value is -1.49. The van der Waals surface area contributed by atoms with E-state index >= 15 is 0 Å². The quantitative estimate of drug-likeness (QED) is 0.569. The van der Waals surface area contributed by atoms with E-state index in [2.05, 4.69) is 5.32 Å². The Morgan fingerprint density at radius 1 is 1.64 bits per heavy atom. The molecule has 5 N–H and O–H groups in total. The molecule has 0 radical (unpaired) electrons. The van der Waals surface area contributed by atoms with Gasteiger partial charge in [0, 0.05) is 19.3 Å². The summed E-state index contributed by atoms with van der Waals surface area (Å²) in [4.78, 5) is 10.9. The fourth-order valence-corrected chi connectivity index (χ4v) is 1.26. The van der Waals surface area contributed by atoms with Crippen molar-refractivity contribution in [1.82, 2.24) is 9.88 Å². The predicted molar refractivity (Wildman–Crippen MR) is 55.9 cm³/mol. The van der Waals surface area contributed by atoms with Gasteiger partial charge in [0.2, 0.25) is 0 Å². The van der Waals surface area contributed by atoms with Gasteiger partial charge in [-0.2, -0.15) is 0 Å². The van der Waals surface area contributed by atoms with Crippen LogP contribution in [0.5, 0.6) is 0 Å². The highest BCUT2D eigenvalue weighted by Crippen LogP contribution is 2.11. The van der Waals surface area contributed by atoms with Crippen LogP contribution in [0.4, 0.5) is 5.82 Å². The minimum absolute atomic E-state index is 0.390. The van der Waals surface area contributed by atoms with E-state index in [1.165, 1.54) is 0 Å². The molecule has 1 rings (SSSR count). The van der Waals surface area contributed by atoms with Crippen molar-refractivity contribution in [2.24, 2.45) is 5.73 Å². The van der Waals surface area contributed by atoms with Gasteiger partial charge >= 0.3 is 0 Å². The average molecular weight is 196 g/mol. The van der Waals surface area contributed by atoms with Gasteiger partial charge in [0.05, 0.1) is 5.56 Å². The molecule has 5 heteroatoms. The molecule has 0 unspecified atom stereocenters. The van der Waals surface area contributed by atoms with Crippen molar-refractivity contribution in [3.05, 3.63) is 17.8 Å². The lowest BCUT2D eigenvalue weighted by molar-refractivity contribution is 0.100. The van der Waals surface area contributed by atoms with Crippen LogP contribution < -0.4 is 16.8 Å². The first-order valence-corrected chi connectivity index (χ1v) is 4.62. The van der Waals surface area contributed by atoms with Gasteiger partial charge in [-0.05, 0) is 12.6 Å². The zero-order valence-electron chi connectivity index (χ0n) is 8.29. The third kappa shape index (κ3) is 2.26. The molecule has 0 aliphatic carbocycles. The van der Waals surface area contributed by atoms with Gasteiger partial charge in [-0.25, -0.2) is 0 Å². The highest BCUT2D eigenvalue weighted by Gasteiger charge is 2.09. The van der Waals surface area contributed by atoms with Crippen LogP contribution in [0.15, 0.2) is 12.3 Å². The van der Waals surface area contributed by atoms with E-state index in [9.17, 15) is 4.79 Å². The number of aromatic nitrogens is 1. The van der Waals surface area contributed by atoms with Gasteiger partial charge in [0.15, 0.2) is 0 Å². The molecule has 0 aliphatic rings. The van der Waals surface area contributed by atoms with Crippen LogP contribution in [0.2, 0.25) is 0 Å². The first-order valence-electron chi connectivity index (χ1n) is 4.62. The molecule has 1 heterocycles. The minimum atomic E-state index is -0.482. The van der Waals surface area contributed by atoms with Gasteiger partial charge in [0.25, 0.3) is 5.91 Å². The first kappa shape index (κ1) is 10.6. The molecule has 1 aromatic heterocycles. The smallest absolute Gasteiger partial charge is 0.252 e. The zero-order chi connectivity index (χ0) is 10.6. The molecule has 0 aliphatic heterocycles. The van der Waals surface area contributed by atoms with Crippen LogP contribution in [0, 0.1) is 0 Å². The number of nitrogens with two attached hydrogens (primary N) is 2. The molecule has 78 valence electrons. The van der Waals surface area contributed by atoms with Crippen LogP contribution in [0.25, 0.3) is 0 Å². The molecule has 14 heavy (non-hydrogen) atoms. The monoisotopic (exact) mass is 196 g/mol. The maximum atomic E-state index is 10.9. The van der Waals surface area contributed by atoms with Gasteiger partial charge in [-0.3, -0.25) is 4.79 Å². The zero-order valence-corrected chi connectivity index (χ0v) is 8.29. The second-order valence-corrected chi connectivity index (χ2v) is 3.03. The maximum absolute atomic E-state index is 10.9. The van der Waals surface area contributed by atoms with Crippen LogP contribution in [-0.4, -0.2) is 23.6 Å². The Kier molecular flexibility index (Phi) is 3.53. The molecular weight excluding hydrogens is 180 g/mol. The summed E-state index contributed by atoms with van der Waals surface area (Å²) in [6, 6.07) is 1.64. The molecule has 0 atom stereocenters. The van der Waals surface area contributed by atoms with E-state index in [0.717, 1.165) is 19.6 Å². The topological polar surface area (TPSA) is 86.1 Å². The van der Waals surface area contributed by atoms with Gasteiger partial charge in [-0.15, -0.1) is 0 Å². The fraction of sp³-hybridized carbons (Fsp3) is 0.444. The molecular formula is C9H16N4O. The van der Waals surface area contributed by atoms with E-state index in [0.29, 0.717) is 11.4 Å². The van der Waals surface area contributed by atoms with E-state index < -0.39 is 5.91 Å². The SMILES string of the molecule is CCNCCn1ccc(C(N)=O)c1N. The van der Waals surface area contributed by atoms with Crippen LogP contribution in [0.3, 0.4) is 0 Å². The third-order valence-electron chi connectivity index (χ3n) is 2.05. The lowest BCUT2D eigenvalue weighted by Gasteiger charge is -2.06. The summed E-state index contributed by atoms with van der Waals surface area (Å²) in [6.45, 7) is 4.53. The minimum Gasteiger partial charge on any atom is -0.384 e. The number of likely N-dealkylation sites (N-methyl/N-ethyl adjacent to an activating group) is 1. The van der Waals surface area contributed by atoms with Gasteiger partial charge < -0.3 is 21.4 Å². The maximum Gasteiger partial charge on any atom is 0.252 e. The molecule has 0 spiro atoms. The second kappa shape index (κ2) is 4.66. The molecule has 0 fully saturated rings. The van der Waals surface area contributed by atoms with Crippen molar-refractivity contribution in [2.75, 3.05) is 18.8 Å². The molecule has 1 amide bonds. The second-order valence-electron chi connectivity index (χ2n) is 3.03. The van der Waals surface area contributed by atoms with Crippen molar-refractivity contribution in [3.63, 3.8) is 0 Å². The third-order valence-corrected chi connectivity index (χ3v) is 2.05. The Balaban J connectivity index is 2.65. The Morgan fingerprint density at radius 2 is 2.36 bits per heavy atom. The van der Waals surface area contributed by atoms with Gasteiger partial charge in [0.1, 0.15) is 5.82 Å². The first-order chi connectivity index (χ1) is 6.66. The summed E-state index contributed by atoms with van der Waals surface area (Å²) in [5.74, 6) is -0.0416. The number of nitrogen functional groups attached to an aromatic ring is 1. The number of primary amides is 1. The lowest BCUT2D eigenvalue weighted by Crippen LogP contribution is -2.20. The fourth-order valence-electron chi connectivity index (χ4n) is 1.26. The van der Waals surface area contributed by atoms with E-state index in [1.54, 1.807) is 12.3 Å². The summed E-state index contributed by atoms with van der Waals surface area (Å²) < 4.78 is 1.81. The molecule has 5 nitrogen and oxygen atoms in total.